The molecule has 9 heteroatoms. The number of rotatable bonds is 6. The summed E-state index contributed by atoms with van der Waals surface area (Å²) in [6, 6.07) is 12.6. The Bertz CT molecular complexity index is 1200. The summed E-state index contributed by atoms with van der Waals surface area (Å²) in [6.45, 7) is 13.1. The molecule has 0 saturated heterocycles. The van der Waals surface area contributed by atoms with E-state index >= 15 is 0 Å². The van der Waals surface area contributed by atoms with Crippen molar-refractivity contribution < 1.29 is 27.4 Å². The van der Waals surface area contributed by atoms with Crippen LogP contribution in [0.3, 0.4) is 0 Å². The number of ether oxygens (including phenoxy) is 2. The van der Waals surface area contributed by atoms with Crippen molar-refractivity contribution >= 4 is 11.8 Å². The maximum absolute atomic E-state index is 12.6. The van der Waals surface area contributed by atoms with E-state index < -0.39 is 18.1 Å². The Balaban J connectivity index is 0.00000352. The fourth-order valence-corrected chi connectivity index (χ4v) is 3.64. The molecule has 0 aliphatic carbocycles. The maximum atomic E-state index is 12.6. The lowest BCUT2D eigenvalue weighted by Crippen LogP contribution is -2.35. The van der Waals surface area contributed by atoms with E-state index in [9.17, 15) is 23.2 Å². The highest BCUT2D eigenvalue weighted by Gasteiger charge is 2.31. The van der Waals surface area contributed by atoms with Crippen LogP contribution in [0.25, 0.3) is 11.1 Å². The van der Waals surface area contributed by atoms with Gasteiger partial charge in [0.2, 0.25) is 0 Å². The smallest absolute Gasteiger partial charge is 0.444 e. The molecule has 0 saturated carbocycles. The number of hydrogen-bond donors (Lipinski definition) is 0. The van der Waals surface area contributed by atoms with E-state index in [2.05, 4.69) is 22.8 Å². The summed E-state index contributed by atoms with van der Waals surface area (Å²) in [7, 11) is 3.35. The predicted octanol–water partition coefficient (Wildman–Crippen LogP) is 7.28. The average molecular weight is 532 g/mol. The van der Waals surface area contributed by atoms with Crippen molar-refractivity contribution in [2.45, 2.75) is 66.9 Å². The maximum Gasteiger partial charge on any atom is 0.573 e. The zero-order valence-electron chi connectivity index (χ0n) is 23.5. The summed E-state index contributed by atoms with van der Waals surface area (Å²) in [6.07, 6.45) is -4.92. The van der Waals surface area contributed by atoms with Crippen LogP contribution in [0.1, 0.15) is 58.2 Å². The zero-order chi connectivity index (χ0) is 29.3. The number of halogens is 3. The summed E-state index contributed by atoms with van der Waals surface area (Å²) in [5, 5.41) is 10.0. The number of hydrogen-bond acceptors (Lipinski definition) is 5. The van der Waals surface area contributed by atoms with Crippen molar-refractivity contribution in [3.63, 3.8) is 0 Å². The molecular formula is C29H36F3N3O3. The molecule has 0 spiro atoms. The largest absolute Gasteiger partial charge is 0.573 e. The number of amides is 1. The highest BCUT2D eigenvalue weighted by molar-refractivity contribution is 5.81. The highest BCUT2D eigenvalue weighted by Crippen LogP contribution is 2.37. The van der Waals surface area contributed by atoms with Gasteiger partial charge < -0.3 is 19.3 Å². The molecule has 2 aromatic carbocycles. The van der Waals surface area contributed by atoms with Crippen molar-refractivity contribution in [1.29, 1.82) is 5.26 Å². The Morgan fingerprint density at radius 2 is 1.66 bits per heavy atom. The minimum absolute atomic E-state index is 0.285. The Morgan fingerprint density at radius 1 is 1.08 bits per heavy atom. The molecular weight excluding hydrogens is 495 g/mol. The minimum Gasteiger partial charge on any atom is -0.444 e. The molecule has 0 atom stereocenters. The van der Waals surface area contributed by atoms with Gasteiger partial charge in [-0.1, -0.05) is 31.9 Å². The SMILES string of the molecule is CC.CC#CN(C)c1c(C)c(-c2ccc(OC(F)(F)F)cc2)cc(CCN(C)C(=O)OC(C)(C)C)c1C#N. The topological polar surface area (TPSA) is 65.8 Å². The molecule has 0 aliphatic heterocycles. The Morgan fingerprint density at radius 3 is 2.13 bits per heavy atom. The van der Waals surface area contributed by atoms with Gasteiger partial charge >= 0.3 is 12.5 Å². The number of benzene rings is 2. The molecule has 38 heavy (non-hydrogen) atoms. The van der Waals surface area contributed by atoms with E-state index in [1.807, 2.05) is 26.8 Å². The van der Waals surface area contributed by atoms with Crippen LogP contribution >= 0.6 is 0 Å². The van der Waals surface area contributed by atoms with Crippen LogP contribution in [0.15, 0.2) is 30.3 Å². The molecule has 0 aliphatic rings. The number of likely N-dealkylation sites (N-methyl/N-ethyl adjacent to an activating group) is 1. The standard InChI is InChI=1S/C27H30F3N3O3.C2H6/c1-8-14-32(6)24-18(2)22(19-9-11-21(12-10-19)35-27(28,29)30)16-20(23(24)17-31)13-15-33(7)25(34)36-26(3,4)5;1-2/h9-12,16H,13,15H2,1-7H3;1-2H3. The van der Waals surface area contributed by atoms with Crippen LogP contribution in [0.2, 0.25) is 0 Å². The fraction of sp³-hybridized carbons (Fsp3) is 0.448. The van der Waals surface area contributed by atoms with Gasteiger partial charge in [-0.25, -0.2) is 4.79 Å². The third kappa shape index (κ3) is 9.23. The summed E-state index contributed by atoms with van der Waals surface area (Å²) in [4.78, 5) is 15.5. The monoisotopic (exact) mass is 531 g/mol. The number of carbonyl (C=O) groups is 1. The lowest BCUT2D eigenvalue weighted by molar-refractivity contribution is -0.274. The molecule has 0 unspecified atom stereocenters. The molecule has 0 radical (unpaired) electrons. The number of carbonyl (C=O) groups excluding carboxylic acids is 1. The molecule has 2 rings (SSSR count). The van der Waals surface area contributed by atoms with Crippen molar-refractivity contribution in [3.05, 3.63) is 47.0 Å². The van der Waals surface area contributed by atoms with E-state index in [1.54, 1.807) is 46.7 Å². The predicted molar refractivity (Wildman–Crippen MR) is 144 cm³/mol. The second kappa shape index (κ2) is 13.6. The van der Waals surface area contributed by atoms with Crippen LogP contribution in [-0.4, -0.2) is 43.6 Å². The second-order valence-electron chi connectivity index (χ2n) is 9.19. The Hall–Kier alpha value is -3.85. The van der Waals surface area contributed by atoms with Gasteiger partial charge in [0, 0.05) is 26.7 Å². The van der Waals surface area contributed by atoms with Crippen LogP contribution in [0, 0.1) is 30.2 Å². The number of nitriles is 1. The van der Waals surface area contributed by atoms with Gasteiger partial charge in [0.25, 0.3) is 0 Å². The lowest BCUT2D eigenvalue weighted by atomic mass is 9.91. The molecule has 6 nitrogen and oxygen atoms in total. The molecule has 206 valence electrons. The van der Waals surface area contributed by atoms with E-state index in [0.29, 0.717) is 28.8 Å². The van der Waals surface area contributed by atoms with Crippen molar-refractivity contribution in [1.82, 2.24) is 4.90 Å². The van der Waals surface area contributed by atoms with Gasteiger partial charge in [-0.2, -0.15) is 5.26 Å². The van der Waals surface area contributed by atoms with Crippen molar-refractivity contribution in [2.75, 3.05) is 25.5 Å². The van der Waals surface area contributed by atoms with Crippen molar-refractivity contribution in [2.24, 2.45) is 0 Å². The first kappa shape index (κ1) is 32.2. The fourth-order valence-electron chi connectivity index (χ4n) is 3.64. The van der Waals surface area contributed by atoms with Crippen LogP contribution in [0.4, 0.5) is 23.7 Å². The van der Waals surface area contributed by atoms with Crippen molar-refractivity contribution in [3.8, 4) is 34.9 Å². The Labute approximate surface area is 223 Å². The highest BCUT2D eigenvalue weighted by atomic mass is 19.4. The minimum atomic E-state index is -4.78. The third-order valence-electron chi connectivity index (χ3n) is 5.18. The quantitative estimate of drug-likeness (QED) is 0.289. The van der Waals surface area contributed by atoms with Crippen LogP contribution in [-0.2, 0) is 11.2 Å². The first-order chi connectivity index (χ1) is 17.7. The molecule has 0 heterocycles. The molecule has 0 fully saturated rings. The summed E-state index contributed by atoms with van der Waals surface area (Å²) >= 11 is 0. The number of alkyl halides is 3. The zero-order valence-corrected chi connectivity index (χ0v) is 23.5. The van der Waals surface area contributed by atoms with Gasteiger partial charge in [0.1, 0.15) is 17.4 Å². The molecule has 0 aromatic heterocycles. The van der Waals surface area contributed by atoms with Gasteiger partial charge in [-0.15, -0.1) is 13.2 Å². The van der Waals surface area contributed by atoms with E-state index in [0.717, 1.165) is 11.1 Å². The summed E-state index contributed by atoms with van der Waals surface area (Å²) in [5.74, 6) is 2.49. The average Bonchev–Trinajstić information content (AvgIpc) is 2.82. The molecule has 2 aromatic rings. The second-order valence-corrected chi connectivity index (χ2v) is 9.19. The van der Waals surface area contributed by atoms with Crippen LogP contribution < -0.4 is 9.64 Å². The number of anilines is 1. The first-order valence-electron chi connectivity index (χ1n) is 12.2. The molecule has 0 bridgehead atoms. The lowest BCUT2D eigenvalue weighted by Gasteiger charge is -2.25. The van der Waals surface area contributed by atoms with Gasteiger partial charge in [-0.3, -0.25) is 0 Å². The molecule has 1 amide bonds. The first-order valence-corrected chi connectivity index (χ1v) is 12.2. The summed E-state index contributed by atoms with van der Waals surface area (Å²) in [5.41, 5.74) is 3.15. The Kier molecular flexibility index (Phi) is 11.5. The van der Waals surface area contributed by atoms with E-state index in [4.69, 9.17) is 4.74 Å². The van der Waals surface area contributed by atoms with E-state index in [1.165, 1.54) is 29.2 Å². The normalized spacial score (nSPS) is 10.7. The third-order valence-corrected chi connectivity index (χ3v) is 5.18. The van der Waals surface area contributed by atoms with Crippen LogP contribution in [0.5, 0.6) is 5.75 Å². The number of nitrogens with zero attached hydrogens (tertiary/aromatic N) is 3. The summed E-state index contributed by atoms with van der Waals surface area (Å²) < 4.78 is 47.1. The van der Waals surface area contributed by atoms with E-state index in [-0.39, 0.29) is 12.3 Å². The van der Waals surface area contributed by atoms with Gasteiger partial charge in [0.15, 0.2) is 0 Å². The van der Waals surface area contributed by atoms with Gasteiger partial charge in [0.05, 0.1) is 11.3 Å². The molecule has 0 N–H and O–H groups in total. The van der Waals surface area contributed by atoms with Gasteiger partial charge in [-0.05, 0) is 81.5 Å².